The second-order valence-electron chi connectivity index (χ2n) is 8.16. The molecule has 2 N–H and O–H groups in total. The van der Waals surface area contributed by atoms with Crippen molar-refractivity contribution in [3.63, 3.8) is 0 Å². The van der Waals surface area contributed by atoms with Crippen LogP contribution in [0.4, 0.5) is 23.1 Å². The number of carbonyl (C=O) groups excluding carboxylic acids is 1. The van der Waals surface area contributed by atoms with E-state index in [1.54, 1.807) is 6.20 Å². The molecule has 0 saturated carbocycles. The summed E-state index contributed by atoms with van der Waals surface area (Å²) in [7, 11) is 2.15. The zero-order valence-electron chi connectivity index (χ0n) is 18.1. The van der Waals surface area contributed by atoms with E-state index in [1.165, 1.54) is 5.69 Å². The number of carbonyl (C=O) groups is 1. The van der Waals surface area contributed by atoms with Crippen LogP contribution in [-0.4, -0.2) is 73.1 Å². The summed E-state index contributed by atoms with van der Waals surface area (Å²) in [5.41, 5.74) is 2.11. The van der Waals surface area contributed by atoms with E-state index in [9.17, 15) is 4.79 Å². The topological polar surface area (TPSA) is 100 Å². The number of hydrogen-bond acceptors (Lipinski definition) is 8. The van der Waals surface area contributed by atoms with Crippen LogP contribution in [0.3, 0.4) is 0 Å². The van der Waals surface area contributed by atoms with Crippen molar-refractivity contribution in [2.24, 2.45) is 0 Å². The molecule has 10 heteroatoms. The maximum atomic E-state index is 11.7. The normalized spacial score (nSPS) is 19.0. The predicted molar refractivity (Wildman–Crippen MR) is 125 cm³/mol. The average molecular weight is 455 g/mol. The molecule has 1 amide bonds. The molecule has 0 spiro atoms. The van der Waals surface area contributed by atoms with Crippen molar-refractivity contribution >= 4 is 40.6 Å². The highest BCUT2D eigenvalue weighted by molar-refractivity contribution is 6.32. The Bertz CT molecular complexity index is 984. The van der Waals surface area contributed by atoms with Crippen LogP contribution in [0.25, 0.3) is 0 Å². The second-order valence-corrected chi connectivity index (χ2v) is 8.57. The maximum absolute atomic E-state index is 11.7. The van der Waals surface area contributed by atoms with Crippen molar-refractivity contribution in [1.29, 1.82) is 5.26 Å². The summed E-state index contributed by atoms with van der Waals surface area (Å²) < 4.78 is 0. The predicted octanol–water partition coefficient (Wildman–Crippen LogP) is 2.23. The lowest BCUT2D eigenvalue weighted by atomic mass is 10.2. The molecule has 2 saturated heterocycles. The van der Waals surface area contributed by atoms with Crippen molar-refractivity contribution in [3.8, 4) is 6.07 Å². The van der Waals surface area contributed by atoms with Crippen molar-refractivity contribution < 1.29 is 4.79 Å². The summed E-state index contributed by atoms with van der Waals surface area (Å²) in [6.45, 7) is 5.50. The Morgan fingerprint density at radius 2 is 1.94 bits per heavy atom. The van der Waals surface area contributed by atoms with E-state index in [4.69, 9.17) is 16.9 Å². The van der Waals surface area contributed by atoms with Crippen LogP contribution in [0.2, 0.25) is 5.02 Å². The number of rotatable bonds is 6. The van der Waals surface area contributed by atoms with Gasteiger partial charge in [-0.3, -0.25) is 4.79 Å². The molecule has 2 aliphatic heterocycles. The maximum Gasteiger partial charge on any atom is 0.234 e. The number of nitrogens with zero attached hydrogens (tertiary/aromatic N) is 6. The van der Waals surface area contributed by atoms with Gasteiger partial charge in [0.2, 0.25) is 11.9 Å². The quantitative estimate of drug-likeness (QED) is 0.685. The minimum absolute atomic E-state index is 0.0274. The lowest BCUT2D eigenvalue weighted by Gasteiger charge is -2.34. The number of hydrogen-bond donors (Lipinski definition) is 2. The molecule has 1 aromatic heterocycles. The summed E-state index contributed by atoms with van der Waals surface area (Å²) >= 11 is 6.37. The molecule has 32 heavy (non-hydrogen) atoms. The number of amides is 1. The zero-order valence-corrected chi connectivity index (χ0v) is 18.8. The van der Waals surface area contributed by atoms with Crippen molar-refractivity contribution in [2.75, 3.05) is 61.4 Å². The highest BCUT2D eigenvalue weighted by Crippen LogP contribution is 2.28. The fraction of sp³-hybridized carbons (Fsp3) is 0.455. The number of nitriles is 1. The molecule has 2 aliphatic rings. The Morgan fingerprint density at radius 1 is 1.19 bits per heavy atom. The molecule has 0 radical (unpaired) electrons. The van der Waals surface area contributed by atoms with Crippen molar-refractivity contribution in [2.45, 2.75) is 18.9 Å². The Morgan fingerprint density at radius 3 is 2.66 bits per heavy atom. The average Bonchev–Trinajstić information content (AvgIpc) is 3.24. The largest absolute Gasteiger partial charge is 0.369 e. The number of benzene rings is 1. The van der Waals surface area contributed by atoms with Gasteiger partial charge in [0.15, 0.2) is 5.82 Å². The van der Waals surface area contributed by atoms with Gasteiger partial charge in [0.1, 0.15) is 11.4 Å². The van der Waals surface area contributed by atoms with Crippen molar-refractivity contribution in [1.82, 2.24) is 20.2 Å². The molecular weight excluding hydrogens is 428 g/mol. The smallest absolute Gasteiger partial charge is 0.234 e. The van der Waals surface area contributed by atoms with Gasteiger partial charge in [-0.2, -0.15) is 10.2 Å². The first-order valence-electron chi connectivity index (χ1n) is 10.8. The minimum atomic E-state index is -0.254. The number of halogens is 1. The first-order chi connectivity index (χ1) is 15.5. The Kier molecular flexibility index (Phi) is 6.93. The molecule has 2 aromatic rings. The fourth-order valence-corrected chi connectivity index (χ4v) is 4.22. The monoisotopic (exact) mass is 454 g/mol. The van der Waals surface area contributed by atoms with Crippen LogP contribution >= 0.6 is 11.6 Å². The summed E-state index contributed by atoms with van der Waals surface area (Å²) in [5, 5.41) is 15.2. The highest BCUT2D eigenvalue weighted by Gasteiger charge is 2.26. The molecule has 0 aliphatic carbocycles. The molecule has 4 rings (SSSR count). The van der Waals surface area contributed by atoms with Gasteiger partial charge in [0.05, 0.1) is 12.3 Å². The van der Waals surface area contributed by atoms with E-state index in [1.807, 2.05) is 23.1 Å². The lowest BCUT2D eigenvalue weighted by molar-refractivity contribution is -0.120. The van der Waals surface area contributed by atoms with E-state index in [2.05, 4.69) is 49.6 Å². The third-order valence-electron chi connectivity index (χ3n) is 5.81. The molecule has 168 valence electrons. The third kappa shape index (κ3) is 5.39. The van der Waals surface area contributed by atoms with Gasteiger partial charge in [-0.25, -0.2) is 4.98 Å². The van der Waals surface area contributed by atoms with Crippen LogP contribution in [-0.2, 0) is 4.79 Å². The Labute approximate surface area is 193 Å². The third-order valence-corrected chi connectivity index (χ3v) is 6.08. The first kappa shape index (κ1) is 22.1. The Balaban J connectivity index is 1.39. The Hall–Kier alpha value is -3.09. The van der Waals surface area contributed by atoms with Crippen LogP contribution in [0.5, 0.6) is 0 Å². The molecule has 1 unspecified atom stereocenters. The molecular formula is C22H27ClN8O. The number of aromatic nitrogens is 2. The fourth-order valence-electron chi connectivity index (χ4n) is 4.01. The summed E-state index contributed by atoms with van der Waals surface area (Å²) in [6, 6.07) is 10.1. The molecule has 3 heterocycles. The molecule has 1 aromatic carbocycles. The number of piperazine rings is 1. The van der Waals surface area contributed by atoms with Gasteiger partial charge in [0, 0.05) is 56.7 Å². The van der Waals surface area contributed by atoms with Gasteiger partial charge in [-0.1, -0.05) is 11.6 Å². The lowest BCUT2D eigenvalue weighted by Crippen LogP contribution is -2.44. The van der Waals surface area contributed by atoms with E-state index in [0.29, 0.717) is 29.9 Å². The number of anilines is 4. The highest BCUT2D eigenvalue weighted by atomic mass is 35.5. The molecule has 9 nitrogen and oxygen atoms in total. The zero-order chi connectivity index (χ0) is 22.5. The standard InChI is InChI=1S/C22H27ClN8O/c1-29-10-12-30(13-11-29)18-4-2-16(3-5-18)27-22-25-14-19(23)21(28-22)31-9-7-17(15-31)26-20(32)6-8-24/h2-5,14,17H,6-7,9-13,15H2,1H3,(H,26,32)(H,25,27,28). The van der Waals surface area contributed by atoms with Gasteiger partial charge in [-0.05, 0) is 37.7 Å². The summed E-state index contributed by atoms with van der Waals surface area (Å²) in [6.07, 6.45) is 2.23. The van der Waals surface area contributed by atoms with E-state index in [-0.39, 0.29) is 18.4 Å². The summed E-state index contributed by atoms with van der Waals surface area (Å²) in [5.74, 6) is 0.847. The van der Waals surface area contributed by atoms with E-state index in [0.717, 1.165) is 38.3 Å². The van der Waals surface area contributed by atoms with E-state index >= 15 is 0 Å². The van der Waals surface area contributed by atoms with Crippen LogP contribution in [0.1, 0.15) is 12.8 Å². The molecule has 0 bridgehead atoms. The van der Waals surface area contributed by atoms with Gasteiger partial charge in [0.25, 0.3) is 0 Å². The second kappa shape index (κ2) is 10.0. The SMILES string of the molecule is CN1CCN(c2ccc(Nc3ncc(Cl)c(N4CCC(NC(=O)CC#N)C4)n3)cc2)CC1. The molecule has 1 atom stereocenters. The number of likely N-dealkylation sites (N-methyl/N-ethyl adjacent to an activating group) is 1. The molecule has 2 fully saturated rings. The summed E-state index contributed by atoms with van der Waals surface area (Å²) in [4.78, 5) is 27.4. The van der Waals surface area contributed by atoms with Crippen LogP contribution < -0.4 is 20.4 Å². The van der Waals surface area contributed by atoms with E-state index < -0.39 is 0 Å². The van der Waals surface area contributed by atoms with Crippen molar-refractivity contribution in [3.05, 3.63) is 35.5 Å². The minimum Gasteiger partial charge on any atom is -0.369 e. The van der Waals surface area contributed by atoms with Gasteiger partial charge < -0.3 is 25.3 Å². The number of nitrogens with one attached hydrogen (secondary N) is 2. The van der Waals surface area contributed by atoms with Gasteiger partial charge >= 0.3 is 0 Å². The van der Waals surface area contributed by atoms with Crippen LogP contribution in [0, 0.1) is 11.3 Å². The van der Waals surface area contributed by atoms with Gasteiger partial charge in [-0.15, -0.1) is 0 Å². The van der Waals surface area contributed by atoms with Crippen LogP contribution in [0.15, 0.2) is 30.5 Å². The first-order valence-corrected chi connectivity index (χ1v) is 11.1.